The molecule has 0 radical (unpaired) electrons. The highest BCUT2D eigenvalue weighted by Gasteiger charge is 2.52. The molecule has 4 aromatic rings. The second-order valence-electron chi connectivity index (χ2n) is 11.6. The van der Waals surface area contributed by atoms with Crippen LogP contribution in [0.3, 0.4) is 0 Å². The molecule has 2 saturated carbocycles. The topological polar surface area (TPSA) is 130 Å². The lowest BCUT2D eigenvalue weighted by atomic mass is 10.0. The van der Waals surface area contributed by atoms with Gasteiger partial charge in [-0.05, 0) is 48.2 Å². The third-order valence-corrected chi connectivity index (χ3v) is 12.3. The van der Waals surface area contributed by atoms with Crippen LogP contribution in [0.15, 0.2) is 58.8 Å². The molecule has 46 heavy (non-hydrogen) atoms. The van der Waals surface area contributed by atoms with Crippen molar-refractivity contribution in [2.45, 2.75) is 83.3 Å². The van der Waals surface area contributed by atoms with Crippen LogP contribution in [0.1, 0.15) is 72.9 Å². The normalized spacial score (nSPS) is 29.5. The summed E-state index contributed by atoms with van der Waals surface area (Å²) in [4.78, 5) is 7.53. The zero-order chi connectivity index (χ0) is 32.7. The highest BCUT2D eigenvalue weighted by Crippen LogP contribution is 2.43. The summed E-state index contributed by atoms with van der Waals surface area (Å²) in [5.74, 6) is -1.18. The Morgan fingerprint density at radius 1 is 0.609 bits per heavy atom. The fourth-order valence-electron chi connectivity index (χ4n) is 5.74. The maximum atomic E-state index is 14.2. The molecule has 2 aromatic carbocycles. The van der Waals surface area contributed by atoms with Crippen LogP contribution in [0.5, 0.6) is 0 Å². The lowest BCUT2D eigenvalue weighted by Gasteiger charge is -2.11. The summed E-state index contributed by atoms with van der Waals surface area (Å²) in [6.45, 7) is 0. The predicted octanol–water partition coefficient (Wildman–Crippen LogP) is 4.61. The molecule has 8 rings (SSSR count). The Hall–Kier alpha value is -3.80. The van der Waals surface area contributed by atoms with Crippen LogP contribution in [-0.2, 0) is 19.7 Å². The van der Waals surface area contributed by atoms with Crippen molar-refractivity contribution in [2.24, 2.45) is 0 Å². The molecular weight excluding hydrogens is 662 g/mol. The highest BCUT2D eigenvalue weighted by atomic mass is 32.2. The molecule has 18 heteroatoms. The first-order valence-electron chi connectivity index (χ1n) is 14.2. The minimum atomic E-state index is -3.99. The zero-order valence-corrected chi connectivity index (χ0v) is 25.1. The zero-order valence-electron chi connectivity index (χ0n) is 23.5. The number of nitrogens with zero attached hydrogens (tertiary/aromatic N) is 6. The fourth-order valence-corrected chi connectivity index (χ4v) is 8.78. The third kappa shape index (κ3) is 5.28. The van der Waals surface area contributed by atoms with Gasteiger partial charge >= 0.3 is 0 Å². The van der Waals surface area contributed by atoms with Crippen LogP contribution in [0.2, 0.25) is 0 Å². The maximum Gasteiger partial charge on any atom is 0.267 e. The minimum Gasteiger partial charge on any atom is -0.246 e. The van der Waals surface area contributed by atoms with E-state index in [0.717, 1.165) is 0 Å². The summed E-state index contributed by atoms with van der Waals surface area (Å²) < 4.78 is 132. The molecular formula is C28H24F6N6O4S2. The van der Waals surface area contributed by atoms with Gasteiger partial charge in [0.25, 0.3) is 10.3 Å². The largest absolute Gasteiger partial charge is 0.267 e. The summed E-state index contributed by atoms with van der Waals surface area (Å²) in [7, 11) is -7.98. The SMILES string of the molecule is O=S(=O)(c1nc2n(n1)[C@H](c1cccc(F)c1)C[C@@H]2F)[C@@H]1C[C@H]1F.O=S(=O)(c1nc2n(n1)[C@H](c1cccc(F)c1)C[C@@H]2F)[C@H]1C[C@@H]1F. The van der Waals surface area contributed by atoms with Crippen molar-refractivity contribution in [2.75, 3.05) is 0 Å². The molecule has 2 aliphatic heterocycles. The summed E-state index contributed by atoms with van der Waals surface area (Å²) in [5.41, 5.74) is 0.963. The first kappa shape index (κ1) is 30.8. The first-order chi connectivity index (χ1) is 21.8. The number of halogens is 6. The van der Waals surface area contributed by atoms with Crippen LogP contribution in [0, 0.1) is 11.6 Å². The Bertz CT molecular complexity index is 1910. The van der Waals surface area contributed by atoms with Crippen molar-refractivity contribution in [3.8, 4) is 0 Å². The molecule has 0 amide bonds. The van der Waals surface area contributed by atoms with Gasteiger partial charge in [0.15, 0.2) is 24.0 Å². The number of sulfone groups is 2. The molecule has 2 aliphatic carbocycles. The molecule has 0 bridgehead atoms. The van der Waals surface area contributed by atoms with E-state index in [9.17, 15) is 43.2 Å². The number of fused-ring (bicyclic) bond motifs is 2. The molecule has 244 valence electrons. The number of aromatic nitrogens is 6. The smallest absolute Gasteiger partial charge is 0.246 e. The van der Waals surface area contributed by atoms with Crippen molar-refractivity contribution in [1.82, 2.24) is 29.5 Å². The lowest BCUT2D eigenvalue weighted by Crippen LogP contribution is -2.14. The van der Waals surface area contributed by atoms with E-state index in [1.807, 2.05) is 0 Å². The molecule has 2 aromatic heterocycles. The number of hydrogen-bond acceptors (Lipinski definition) is 8. The van der Waals surface area contributed by atoms with E-state index in [0.29, 0.717) is 11.1 Å². The lowest BCUT2D eigenvalue weighted by molar-refractivity contribution is 0.326. The van der Waals surface area contributed by atoms with Gasteiger partial charge in [0.1, 0.15) is 34.5 Å². The Kier molecular flexibility index (Phi) is 7.30. The van der Waals surface area contributed by atoms with E-state index in [-0.39, 0.29) is 37.3 Å². The number of alkyl halides is 4. The van der Waals surface area contributed by atoms with Gasteiger partial charge in [-0.1, -0.05) is 24.3 Å². The van der Waals surface area contributed by atoms with Gasteiger partial charge in [-0.25, -0.2) is 52.5 Å². The summed E-state index contributed by atoms with van der Waals surface area (Å²) >= 11 is 0. The standard InChI is InChI=1S/2C14H12F3N3O2S/c2*15-8-3-1-2-7(4-8)11-5-10(17)13-18-14(19-20(11)13)23(21,22)12-6-9(12)16/h2*1-4,9-12H,5-6H2/t9-,10+,11+,12-;9-,10-,11-,12-/m10/s1. The van der Waals surface area contributed by atoms with E-state index in [1.165, 1.54) is 45.8 Å². The molecule has 10 nitrogen and oxygen atoms in total. The molecule has 4 aliphatic rings. The summed E-state index contributed by atoms with van der Waals surface area (Å²) in [6, 6.07) is 9.97. The van der Waals surface area contributed by atoms with Crippen LogP contribution in [-0.4, -0.2) is 69.2 Å². The van der Waals surface area contributed by atoms with Crippen LogP contribution >= 0.6 is 0 Å². The number of rotatable bonds is 6. The van der Waals surface area contributed by atoms with Crippen molar-refractivity contribution in [1.29, 1.82) is 0 Å². The second-order valence-corrected chi connectivity index (χ2v) is 15.7. The molecule has 0 N–H and O–H groups in total. The monoisotopic (exact) mass is 686 g/mol. The molecule has 8 atom stereocenters. The van der Waals surface area contributed by atoms with E-state index < -0.39 is 88.9 Å². The Balaban J connectivity index is 0.000000147. The molecule has 2 fully saturated rings. The molecule has 0 spiro atoms. The molecule has 0 saturated heterocycles. The van der Waals surface area contributed by atoms with Gasteiger partial charge in [-0.15, -0.1) is 10.2 Å². The van der Waals surface area contributed by atoms with Crippen molar-refractivity contribution < 1.29 is 43.2 Å². The summed E-state index contributed by atoms with van der Waals surface area (Å²) in [5, 5.41) is 4.38. The minimum absolute atomic E-state index is 0.00821. The van der Waals surface area contributed by atoms with Gasteiger partial charge in [-0.3, -0.25) is 0 Å². The van der Waals surface area contributed by atoms with Gasteiger partial charge in [-0.2, -0.15) is 9.97 Å². The summed E-state index contributed by atoms with van der Waals surface area (Å²) in [6.07, 6.45) is -5.99. The highest BCUT2D eigenvalue weighted by molar-refractivity contribution is 7.92. The van der Waals surface area contributed by atoms with Crippen molar-refractivity contribution in [3.63, 3.8) is 0 Å². The average molecular weight is 687 g/mol. The van der Waals surface area contributed by atoms with Crippen LogP contribution < -0.4 is 0 Å². The first-order valence-corrected chi connectivity index (χ1v) is 17.3. The Labute approximate surface area is 258 Å². The third-order valence-electron chi connectivity index (χ3n) is 8.38. The van der Waals surface area contributed by atoms with Crippen LogP contribution in [0.25, 0.3) is 0 Å². The van der Waals surface area contributed by atoms with E-state index in [4.69, 9.17) is 0 Å². The second kappa shape index (κ2) is 10.9. The van der Waals surface area contributed by atoms with E-state index in [2.05, 4.69) is 20.2 Å². The predicted molar refractivity (Wildman–Crippen MR) is 147 cm³/mol. The Morgan fingerprint density at radius 2 is 0.978 bits per heavy atom. The van der Waals surface area contributed by atoms with E-state index in [1.54, 1.807) is 12.1 Å². The maximum absolute atomic E-state index is 14.2. The van der Waals surface area contributed by atoms with Gasteiger partial charge in [0.05, 0.1) is 12.1 Å². The fraction of sp³-hybridized carbons (Fsp3) is 0.429. The van der Waals surface area contributed by atoms with Crippen LogP contribution in [0.4, 0.5) is 26.3 Å². The molecule has 4 heterocycles. The Morgan fingerprint density at radius 3 is 1.30 bits per heavy atom. The van der Waals surface area contributed by atoms with Gasteiger partial charge in [0, 0.05) is 12.8 Å². The average Bonchev–Trinajstić information content (AvgIpc) is 3.66. The van der Waals surface area contributed by atoms with E-state index >= 15 is 0 Å². The molecule has 0 unspecified atom stereocenters. The number of benzene rings is 2. The van der Waals surface area contributed by atoms with Crippen molar-refractivity contribution >= 4 is 19.7 Å². The van der Waals surface area contributed by atoms with Gasteiger partial charge in [0.2, 0.25) is 19.7 Å². The quantitative estimate of drug-likeness (QED) is 0.269. The number of hydrogen-bond donors (Lipinski definition) is 0. The van der Waals surface area contributed by atoms with Crippen molar-refractivity contribution in [3.05, 3.63) is 82.9 Å². The van der Waals surface area contributed by atoms with Gasteiger partial charge < -0.3 is 0 Å².